The molecule has 17 nitrogen and oxygen atoms in total. The molecule has 0 spiro atoms. The second-order valence-corrected chi connectivity index (χ2v) is 30.5. The Labute approximate surface area is 581 Å². The fraction of sp³-hybridized carbons (Fsp3) is 0.947. The molecule has 0 aromatic rings. The monoisotopic (exact) mass is 1400 g/mol. The molecule has 0 radical (unpaired) electrons. The molecule has 3 unspecified atom stereocenters. The van der Waals surface area contributed by atoms with Crippen LogP contribution in [0.4, 0.5) is 0 Å². The minimum absolute atomic E-state index is 0.107. The number of carbonyl (C=O) groups excluding carboxylic acids is 4. The van der Waals surface area contributed by atoms with Gasteiger partial charge in [0.1, 0.15) is 19.3 Å². The van der Waals surface area contributed by atoms with Crippen molar-refractivity contribution in [2.75, 3.05) is 39.6 Å². The number of hydrogen-bond acceptors (Lipinski definition) is 15. The fourth-order valence-electron chi connectivity index (χ4n) is 11.7. The zero-order valence-corrected chi connectivity index (χ0v) is 63.6. The van der Waals surface area contributed by atoms with Crippen LogP contribution in [0, 0.1) is 5.92 Å². The second kappa shape index (κ2) is 69.2. The van der Waals surface area contributed by atoms with E-state index in [9.17, 15) is 43.2 Å². The zero-order valence-electron chi connectivity index (χ0n) is 61.8. The Kier molecular flexibility index (Phi) is 67.7. The van der Waals surface area contributed by atoms with Crippen molar-refractivity contribution >= 4 is 39.5 Å². The number of carbonyl (C=O) groups is 4. The molecule has 0 rings (SSSR count). The fourth-order valence-corrected chi connectivity index (χ4v) is 13.3. The Hall–Kier alpha value is -1.94. The molecular weight excluding hydrogens is 1250 g/mol. The van der Waals surface area contributed by atoms with Gasteiger partial charge < -0.3 is 33.8 Å². The van der Waals surface area contributed by atoms with E-state index in [1.165, 1.54) is 225 Å². The Morgan fingerprint density at radius 3 is 0.747 bits per heavy atom. The van der Waals surface area contributed by atoms with Crippen LogP contribution in [0.2, 0.25) is 0 Å². The molecule has 0 bridgehead atoms. The molecule has 0 aliphatic rings. The Morgan fingerprint density at radius 2 is 0.505 bits per heavy atom. The molecule has 3 N–H and O–H groups in total. The first kappa shape index (κ1) is 93.1. The van der Waals surface area contributed by atoms with Gasteiger partial charge in [0.2, 0.25) is 0 Å². The van der Waals surface area contributed by atoms with Crippen LogP contribution in [0.25, 0.3) is 0 Å². The number of phosphoric ester groups is 2. The Bertz CT molecular complexity index is 1820. The van der Waals surface area contributed by atoms with Crippen molar-refractivity contribution in [3.05, 3.63) is 0 Å². The molecule has 0 aromatic carbocycles. The summed E-state index contributed by atoms with van der Waals surface area (Å²) in [6.07, 6.45) is 58.0. The largest absolute Gasteiger partial charge is 0.472 e. The molecule has 0 aliphatic carbocycles. The maximum Gasteiger partial charge on any atom is 0.472 e. The van der Waals surface area contributed by atoms with E-state index in [4.69, 9.17) is 37.0 Å². The van der Waals surface area contributed by atoms with Crippen LogP contribution in [-0.2, 0) is 65.4 Å². The number of rotatable bonds is 76. The Balaban J connectivity index is 5.24. The van der Waals surface area contributed by atoms with E-state index >= 15 is 0 Å². The lowest BCUT2D eigenvalue weighted by atomic mass is 9.99. The molecule has 19 heteroatoms. The molecule has 0 heterocycles. The van der Waals surface area contributed by atoms with Crippen molar-refractivity contribution in [3.63, 3.8) is 0 Å². The highest BCUT2D eigenvalue weighted by Gasteiger charge is 2.30. The number of aliphatic hydroxyl groups excluding tert-OH is 1. The number of hydrogen-bond donors (Lipinski definition) is 3. The molecule has 0 amide bonds. The topological polar surface area (TPSA) is 237 Å². The third-order valence-corrected chi connectivity index (χ3v) is 20.0. The highest BCUT2D eigenvalue weighted by atomic mass is 31.2. The predicted molar refractivity (Wildman–Crippen MR) is 386 cm³/mol. The van der Waals surface area contributed by atoms with Gasteiger partial charge in [-0.15, -0.1) is 0 Å². The summed E-state index contributed by atoms with van der Waals surface area (Å²) in [6, 6.07) is 0. The Morgan fingerprint density at radius 1 is 0.295 bits per heavy atom. The first-order valence-electron chi connectivity index (χ1n) is 39.7. The van der Waals surface area contributed by atoms with Crippen LogP contribution < -0.4 is 0 Å². The zero-order chi connectivity index (χ0) is 69.8. The normalized spacial score (nSPS) is 14.2. The number of esters is 4. The molecule has 0 saturated carbocycles. The van der Waals surface area contributed by atoms with Gasteiger partial charge >= 0.3 is 39.5 Å². The number of phosphoric acid groups is 2. The highest BCUT2D eigenvalue weighted by molar-refractivity contribution is 7.47. The van der Waals surface area contributed by atoms with Gasteiger partial charge in [0.15, 0.2) is 12.2 Å². The van der Waals surface area contributed by atoms with Gasteiger partial charge in [0.25, 0.3) is 0 Å². The average molecular weight is 1400 g/mol. The molecule has 0 saturated heterocycles. The van der Waals surface area contributed by atoms with Crippen LogP contribution >= 0.6 is 15.6 Å². The van der Waals surface area contributed by atoms with Gasteiger partial charge in [-0.2, -0.15) is 0 Å². The molecule has 0 aromatic heterocycles. The summed E-state index contributed by atoms with van der Waals surface area (Å²) >= 11 is 0. The molecule has 0 aliphatic heterocycles. The average Bonchev–Trinajstić information content (AvgIpc) is 3.69. The summed E-state index contributed by atoms with van der Waals surface area (Å²) in [6.45, 7) is 7.35. The van der Waals surface area contributed by atoms with E-state index in [0.717, 1.165) is 95.8 Å². The van der Waals surface area contributed by atoms with Crippen LogP contribution in [0.15, 0.2) is 0 Å². The van der Waals surface area contributed by atoms with Crippen molar-refractivity contribution in [1.82, 2.24) is 0 Å². The predicted octanol–water partition coefficient (Wildman–Crippen LogP) is 22.5. The van der Waals surface area contributed by atoms with E-state index in [1.807, 2.05) is 0 Å². The van der Waals surface area contributed by atoms with Crippen LogP contribution in [0.1, 0.15) is 401 Å². The summed E-state index contributed by atoms with van der Waals surface area (Å²) in [4.78, 5) is 72.8. The van der Waals surface area contributed by atoms with E-state index < -0.39 is 97.5 Å². The van der Waals surface area contributed by atoms with Crippen molar-refractivity contribution in [2.45, 2.75) is 419 Å². The standard InChI is InChI=1S/C76H148O17P2/c1-6-10-13-16-19-22-25-26-27-31-36-40-45-50-55-60-74(79)87-66-72(93-76(81)62-57-52-47-42-37-32-29-28-30-35-38-43-48-53-58-69(5)9-4)68-91-95(84,85)89-64-70(77)63-88-94(82,83)90-67-71(92-75(80)61-56-51-46-41-34-24-21-18-15-12-8-3)65-86-73(78)59-54-49-44-39-33-23-20-17-14-11-7-2/h69-72,77H,6-68H2,1-5H3,(H,82,83)(H,84,85)/t69?,70-,71+,72+/m0/s1. The maximum absolute atomic E-state index is 13.1. The van der Waals surface area contributed by atoms with Crippen molar-refractivity contribution in [3.8, 4) is 0 Å². The van der Waals surface area contributed by atoms with Crippen molar-refractivity contribution < 1.29 is 80.2 Å². The van der Waals surface area contributed by atoms with Crippen LogP contribution in [-0.4, -0.2) is 96.7 Å². The third kappa shape index (κ3) is 69.0. The lowest BCUT2D eigenvalue weighted by Gasteiger charge is -2.21. The molecule has 0 fully saturated rings. The van der Waals surface area contributed by atoms with Gasteiger partial charge in [-0.3, -0.25) is 37.3 Å². The molecule has 95 heavy (non-hydrogen) atoms. The van der Waals surface area contributed by atoms with Gasteiger partial charge in [-0.1, -0.05) is 349 Å². The van der Waals surface area contributed by atoms with Gasteiger partial charge in [0.05, 0.1) is 26.4 Å². The van der Waals surface area contributed by atoms with Crippen LogP contribution in [0.5, 0.6) is 0 Å². The van der Waals surface area contributed by atoms with E-state index in [-0.39, 0.29) is 25.7 Å². The minimum Gasteiger partial charge on any atom is -0.462 e. The summed E-state index contributed by atoms with van der Waals surface area (Å²) in [5, 5.41) is 10.6. The number of ether oxygens (including phenoxy) is 4. The lowest BCUT2D eigenvalue weighted by molar-refractivity contribution is -0.161. The summed E-state index contributed by atoms with van der Waals surface area (Å²) in [7, 11) is -9.91. The van der Waals surface area contributed by atoms with E-state index in [0.29, 0.717) is 25.7 Å². The molecule has 6 atom stereocenters. The minimum atomic E-state index is -4.96. The molecular formula is C76H148O17P2. The summed E-state index contributed by atoms with van der Waals surface area (Å²) in [5.74, 6) is -1.27. The number of unbranched alkanes of at least 4 members (excludes halogenated alkanes) is 47. The summed E-state index contributed by atoms with van der Waals surface area (Å²) < 4.78 is 68.5. The smallest absolute Gasteiger partial charge is 0.462 e. The number of aliphatic hydroxyl groups is 1. The second-order valence-electron chi connectivity index (χ2n) is 27.6. The quantitative estimate of drug-likeness (QED) is 0.0222. The molecule has 564 valence electrons. The van der Waals surface area contributed by atoms with E-state index in [2.05, 4.69) is 34.6 Å². The van der Waals surface area contributed by atoms with Gasteiger partial charge in [-0.25, -0.2) is 9.13 Å². The first-order valence-corrected chi connectivity index (χ1v) is 42.7. The first-order chi connectivity index (χ1) is 46.1. The van der Waals surface area contributed by atoms with Crippen molar-refractivity contribution in [2.24, 2.45) is 5.92 Å². The lowest BCUT2D eigenvalue weighted by Crippen LogP contribution is -2.30. The third-order valence-electron chi connectivity index (χ3n) is 18.1. The van der Waals surface area contributed by atoms with E-state index in [1.54, 1.807) is 0 Å². The summed E-state index contributed by atoms with van der Waals surface area (Å²) in [5.41, 5.74) is 0. The van der Waals surface area contributed by atoms with Crippen molar-refractivity contribution in [1.29, 1.82) is 0 Å². The van der Waals surface area contributed by atoms with Gasteiger partial charge in [-0.05, 0) is 31.6 Å². The SMILES string of the molecule is CCCCCCCCCCCCCCCCCC(=O)OC[C@H](COP(=O)(O)OC[C@@H](O)COP(=O)(O)OC[C@@H](COC(=O)CCCCCCCCCCCCC)OC(=O)CCCCCCCCCCCCC)OC(=O)CCCCCCCCCCCCCCCCC(C)CC. The maximum atomic E-state index is 13.1. The van der Waals surface area contributed by atoms with Gasteiger partial charge in [0, 0.05) is 25.7 Å². The highest BCUT2D eigenvalue weighted by Crippen LogP contribution is 2.45. The van der Waals surface area contributed by atoms with Crippen LogP contribution in [0.3, 0.4) is 0 Å².